The quantitative estimate of drug-likeness (QED) is 0.383. The van der Waals surface area contributed by atoms with E-state index in [4.69, 9.17) is 0 Å². The molecule has 0 aliphatic rings. The molecule has 3 aromatic heterocycles. The second kappa shape index (κ2) is 9.50. The van der Waals surface area contributed by atoms with Crippen LogP contribution in [0.5, 0.6) is 0 Å². The minimum absolute atomic E-state index is 0.363. The topological polar surface area (TPSA) is 165 Å². The van der Waals surface area contributed by atoms with Crippen LogP contribution in [0.4, 0.5) is 0 Å². The van der Waals surface area contributed by atoms with Crippen LogP contribution in [0.3, 0.4) is 0 Å². The number of aromatic nitrogens is 6. The molecule has 0 fully saturated rings. The standard InChI is InChI=1S/3C5H6N2O2/c3*1-7-3-2-4(8)6-5(7)9/h3*2-3H,1H3,(H,6,8,9). The van der Waals surface area contributed by atoms with Crippen molar-refractivity contribution in [2.45, 2.75) is 0 Å². The second-order valence-electron chi connectivity index (χ2n) is 5.16. The maximum absolute atomic E-state index is 10.5. The zero-order valence-corrected chi connectivity index (χ0v) is 14.8. The van der Waals surface area contributed by atoms with Crippen LogP contribution in [0.25, 0.3) is 0 Å². The highest BCUT2D eigenvalue weighted by atomic mass is 16.2. The van der Waals surface area contributed by atoms with Gasteiger partial charge in [0.2, 0.25) is 0 Å². The summed E-state index contributed by atoms with van der Waals surface area (Å²) < 4.78 is 3.88. The fourth-order valence-corrected chi connectivity index (χ4v) is 1.45. The van der Waals surface area contributed by atoms with E-state index in [-0.39, 0.29) is 33.7 Å². The van der Waals surface area contributed by atoms with Gasteiger partial charge in [0.25, 0.3) is 16.7 Å². The Kier molecular flexibility index (Phi) is 7.42. The third-order valence-corrected chi connectivity index (χ3v) is 3.00. The van der Waals surface area contributed by atoms with Gasteiger partial charge in [0.1, 0.15) is 0 Å². The molecule has 0 saturated carbocycles. The van der Waals surface area contributed by atoms with Gasteiger partial charge in [0.15, 0.2) is 0 Å². The summed E-state index contributed by atoms with van der Waals surface area (Å²) in [4.78, 5) is 69.0. The van der Waals surface area contributed by atoms with Crippen molar-refractivity contribution < 1.29 is 0 Å². The molecular weight excluding hydrogens is 360 g/mol. The number of hydrogen-bond donors (Lipinski definition) is 3. The van der Waals surface area contributed by atoms with Crippen molar-refractivity contribution in [3.63, 3.8) is 0 Å². The molecule has 0 radical (unpaired) electrons. The number of hydrogen-bond acceptors (Lipinski definition) is 6. The van der Waals surface area contributed by atoms with Gasteiger partial charge in [-0.3, -0.25) is 29.3 Å². The van der Waals surface area contributed by atoms with Gasteiger partial charge in [-0.25, -0.2) is 14.4 Å². The summed E-state index contributed by atoms with van der Waals surface area (Å²) in [5.41, 5.74) is -2.25. The highest BCUT2D eigenvalue weighted by Crippen LogP contribution is 1.63. The Morgan fingerprint density at radius 3 is 0.889 bits per heavy atom. The molecule has 0 bridgehead atoms. The molecule has 144 valence electrons. The summed E-state index contributed by atoms with van der Waals surface area (Å²) in [5.74, 6) is 0. The molecule has 3 aromatic rings. The predicted octanol–water partition coefficient (Wildman–Crippen LogP) is -2.78. The van der Waals surface area contributed by atoms with E-state index >= 15 is 0 Å². The lowest BCUT2D eigenvalue weighted by molar-refractivity contribution is 0.799. The normalized spacial score (nSPS) is 9.44. The zero-order chi connectivity index (χ0) is 20.6. The number of aromatic amines is 3. The molecule has 12 nitrogen and oxygen atoms in total. The first-order chi connectivity index (χ1) is 12.6. The van der Waals surface area contributed by atoms with Crippen molar-refractivity contribution in [2.75, 3.05) is 0 Å². The molecule has 0 saturated heterocycles. The van der Waals surface area contributed by atoms with Crippen LogP contribution < -0.4 is 33.7 Å². The van der Waals surface area contributed by atoms with Crippen molar-refractivity contribution in [1.82, 2.24) is 28.7 Å². The fraction of sp³-hybridized carbons (Fsp3) is 0.200. The van der Waals surface area contributed by atoms with Crippen LogP contribution >= 0.6 is 0 Å². The zero-order valence-electron chi connectivity index (χ0n) is 14.8. The third-order valence-electron chi connectivity index (χ3n) is 3.00. The number of nitrogens with zero attached hydrogens (tertiary/aromatic N) is 3. The molecule has 0 amide bonds. The summed E-state index contributed by atoms with van der Waals surface area (Å²) in [6.45, 7) is 0. The molecule has 12 heteroatoms. The molecule has 0 spiro atoms. The van der Waals surface area contributed by atoms with E-state index in [0.717, 1.165) is 0 Å². The lowest BCUT2D eigenvalue weighted by Gasteiger charge is -1.89. The maximum Gasteiger partial charge on any atom is 0.328 e. The third kappa shape index (κ3) is 7.21. The predicted molar refractivity (Wildman–Crippen MR) is 96.9 cm³/mol. The Bertz CT molecular complexity index is 1080. The average molecular weight is 378 g/mol. The van der Waals surface area contributed by atoms with Crippen molar-refractivity contribution in [3.8, 4) is 0 Å². The van der Waals surface area contributed by atoms with Gasteiger partial charge < -0.3 is 13.7 Å². The summed E-state index contributed by atoms with van der Waals surface area (Å²) in [7, 11) is 4.70. The van der Waals surface area contributed by atoms with Gasteiger partial charge in [-0.15, -0.1) is 0 Å². The summed E-state index contributed by atoms with van der Waals surface area (Å²) in [6.07, 6.45) is 4.25. The first kappa shape index (κ1) is 21.1. The van der Waals surface area contributed by atoms with Crippen molar-refractivity contribution >= 4 is 0 Å². The van der Waals surface area contributed by atoms with Crippen LogP contribution in [0.2, 0.25) is 0 Å². The Labute approximate surface area is 150 Å². The Morgan fingerprint density at radius 2 is 0.741 bits per heavy atom. The molecule has 0 unspecified atom stereocenters. The first-order valence-corrected chi connectivity index (χ1v) is 7.38. The van der Waals surface area contributed by atoms with Gasteiger partial charge in [-0.1, -0.05) is 0 Å². The molecule has 0 aliphatic heterocycles. The van der Waals surface area contributed by atoms with Crippen molar-refractivity contribution in [1.29, 1.82) is 0 Å². The van der Waals surface area contributed by atoms with E-state index in [1.165, 1.54) is 50.5 Å². The van der Waals surface area contributed by atoms with Crippen LogP contribution in [0.15, 0.2) is 65.6 Å². The largest absolute Gasteiger partial charge is 0.328 e. The van der Waals surface area contributed by atoms with Gasteiger partial charge in [-0.05, 0) is 0 Å². The van der Waals surface area contributed by atoms with Crippen LogP contribution in [-0.2, 0) is 21.1 Å². The van der Waals surface area contributed by atoms with E-state index < -0.39 is 0 Å². The Morgan fingerprint density at radius 1 is 0.519 bits per heavy atom. The Balaban J connectivity index is 0.000000202. The molecule has 3 rings (SSSR count). The van der Waals surface area contributed by atoms with Gasteiger partial charge in [-0.2, -0.15) is 0 Å². The van der Waals surface area contributed by atoms with E-state index in [1.54, 1.807) is 21.1 Å². The maximum atomic E-state index is 10.5. The van der Waals surface area contributed by atoms with E-state index in [2.05, 4.69) is 15.0 Å². The fourth-order valence-electron chi connectivity index (χ4n) is 1.45. The summed E-state index contributed by atoms with van der Waals surface area (Å²) >= 11 is 0. The number of nitrogens with one attached hydrogen (secondary N) is 3. The summed E-state index contributed by atoms with van der Waals surface area (Å²) in [5, 5.41) is 0. The average Bonchev–Trinajstić information content (AvgIpc) is 2.60. The van der Waals surface area contributed by atoms with E-state index in [1.807, 2.05) is 0 Å². The molecule has 3 heterocycles. The SMILES string of the molecule is Cn1ccc(=O)[nH]c1=O.Cn1ccc(=O)[nH]c1=O.Cn1ccc(=O)[nH]c1=O. The minimum atomic E-state index is -0.387. The van der Waals surface area contributed by atoms with Crippen molar-refractivity contribution in [2.24, 2.45) is 21.1 Å². The molecule has 0 aliphatic carbocycles. The monoisotopic (exact) mass is 378 g/mol. The van der Waals surface area contributed by atoms with Crippen LogP contribution in [-0.4, -0.2) is 28.7 Å². The highest BCUT2D eigenvalue weighted by Gasteiger charge is 1.87. The van der Waals surface area contributed by atoms with E-state index in [9.17, 15) is 28.8 Å². The van der Waals surface area contributed by atoms with E-state index in [0.29, 0.717) is 0 Å². The minimum Gasteiger partial charge on any atom is -0.304 e. The van der Waals surface area contributed by atoms with Gasteiger partial charge >= 0.3 is 17.1 Å². The van der Waals surface area contributed by atoms with Gasteiger partial charge in [0.05, 0.1) is 0 Å². The number of rotatable bonds is 0. The molecule has 27 heavy (non-hydrogen) atoms. The first-order valence-electron chi connectivity index (χ1n) is 7.38. The molecular formula is C15H18N6O6. The number of aryl methyl sites for hydroxylation is 3. The van der Waals surface area contributed by atoms with Crippen molar-refractivity contribution in [3.05, 3.63) is 99.3 Å². The smallest absolute Gasteiger partial charge is 0.304 e. The lowest BCUT2D eigenvalue weighted by Crippen LogP contribution is -2.26. The van der Waals surface area contributed by atoms with Crippen LogP contribution in [0, 0.1) is 0 Å². The highest BCUT2D eigenvalue weighted by molar-refractivity contribution is 4.82. The lowest BCUT2D eigenvalue weighted by atomic mass is 10.6. The van der Waals surface area contributed by atoms with Gasteiger partial charge in [0, 0.05) is 57.9 Å². The number of H-pyrrole nitrogens is 3. The molecule has 0 atom stereocenters. The molecule has 3 N–H and O–H groups in total. The summed E-state index contributed by atoms with van der Waals surface area (Å²) in [6, 6.07) is 3.88. The van der Waals surface area contributed by atoms with Crippen LogP contribution in [0.1, 0.15) is 0 Å². The molecule has 0 aromatic carbocycles. The Hall–Kier alpha value is -3.96. The second-order valence-corrected chi connectivity index (χ2v) is 5.16.